The zero-order valence-corrected chi connectivity index (χ0v) is 13.9. The molecule has 1 heterocycles. The molecule has 1 saturated heterocycles. The van der Waals surface area contributed by atoms with Crippen LogP contribution in [-0.4, -0.2) is 38.3 Å². The van der Waals surface area contributed by atoms with Crippen LogP contribution in [0.3, 0.4) is 0 Å². The second-order valence-electron chi connectivity index (χ2n) is 6.87. The summed E-state index contributed by atoms with van der Waals surface area (Å²) in [6, 6.07) is 9.79. The van der Waals surface area contributed by atoms with Crippen LogP contribution in [0.2, 0.25) is 19.6 Å². The van der Waals surface area contributed by atoms with E-state index in [9.17, 15) is 0 Å². The van der Waals surface area contributed by atoms with Crippen molar-refractivity contribution in [1.29, 1.82) is 0 Å². The zero-order valence-electron chi connectivity index (χ0n) is 12.9. The molecule has 0 aliphatic carbocycles. The summed E-state index contributed by atoms with van der Waals surface area (Å²) in [5.41, 5.74) is 1.42. The first-order chi connectivity index (χ1) is 8.86. The van der Waals surface area contributed by atoms with Crippen LogP contribution in [0.1, 0.15) is 19.4 Å². The first kappa shape index (κ1) is 14.8. The van der Waals surface area contributed by atoms with Crippen molar-refractivity contribution < 1.29 is 4.74 Å². The van der Waals surface area contributed by atoms with Crippen LogP contribution >= 0.6 is 0 Å². The summed E-state index contributed by atoms with van der Waals surface area (Å²) in [7, 11) is -1.17. The largest absolute Gasteiger partial charge is 0.376 e. The van der Waals surface area contributed by atoms with Gasteiger partial charge in [-0.2, -0.15) is 0 Å². The highest BCUT2D eigenvalue weighted by atomic mass is 28.3. The van der Waals surface area contributed by atoms with Gasteiger partial charge in [-0.05, 0) is 19.4 Å². The minimum Gasteiger partial charge on any atom is -0.376 e. The van der Waals surface area contributed by atoms with Crippen molar-refractivity contribution in [3.05, 3.63) is 29.8 Å². The molecule has 1 aromatic carbocycles. The zero-order chi connectivity index (χ0) is 14.0. The van der Waals surface area contributed by atoms with Crippen LogP contribution in [0, 0.1) is 0 Å². The Hall–Kier alpha value is -0.643. The number of hydrogen-bond donors (Lipinski definition) is 0. The van der Waals surface area contributed by atoms with Gasteiger partial charge in [0.1, 0.15) is 0 Å². The minimum absolute atomic E-state index is 0.359. The molecule has 1 fully saturated rings. The van der Waals surface area contributed by atoms with Gasteiger partial charge in [0.25, 0.3) is 0 Å². The molecule has 0 aromatic heterocycles. The van der Waals surface area contributed by atoms with E-state index in [0.717, 1.165) is 19.7 Å². The maximum atomic E-state index is 5.69. The highest BCUT2D eigenvalue weighted by molar-refractivity contribution is 6.88. The Morgan fingerprint density at radius 2 is 1.79 bits per heavy atom. The second-order valence-corrected chi connectivity index (χ2v) is 11.9. The van der Waals surface area contributed by atoms with Gasteiger partial charge >= 0.3 is 0 Å². The quantitative estimate of drug-likeness (QED) is 0.788. The van der Waals surface area contributed by atoms with Crippen LogP contribution in [0.4, 0.5) is 0 Å². The lowest BCUT2D eigenvalue weighted by Gasteiger charge is -2.36. The summed E-state index contributed by atoms with van der Waals surface area (Å²) in [6.45, 7) is 14.5. The maximum Gasteiger partial charge on any atom is 0.0775 e. The fourth-order valence-corrected chi connectivity index (χ4v) is 3.70. The lowest BCUT2D eigenvalue weighted by atomic mass is 10.1. The van der Waals surface area contributed by atoms with Gasteiger partial charge in [-0.25, -0.2) is 0 Å². The monoisotopic (exact) mass is 277 g/mol. The SMILES string of the molecule is CC1CN(Cc2ccc([Si](C)(C)C)cc2)C(C)CO1. The van der Waals surface area contributed by atoms with Gasteiger partial charge in [-0.15, -0.1) is 0 Å². The van der Waals surface area contributed by atoms with E-state index in [2.05, 4.69) is 62.7 Å². The van der Waals surface area contributed by atoms with Crippen LogP contribution in [0.25, 0.3) is 0 Å². The lowest BCUT2D eigenvalue weighted by Crippen LogP contribution is -2.46. The predicted molar refractivity (Wildman–Crippen MR) is 84.7 cm³/mol. The third kappa shape index (κ3) is 3.91. The molecule has 1 aliphatic heterocycles. The Kier molecular flexibility index (Phi) is 4.49. The molecule has 3 heteroatoms. The molecule has 2 atom stereocenters. The smallest absolute Gasteiger partial charge is 0.0775 e. The number of rotatable bonds is 3. The van der Waals surface area contributed by atoms with E-state index in [1.807, 2.05) is 0 Å². The van der Waals surface area contributed by atoms with Gasteiger partial charge in [0.2, 0.25) is 0 Å². The van der Waals surface area contributed by atoms with Crippen LogP contribution < -0.4 is 5.19 Å². The molecule has 0 radical (unpaired) electrons. The van der Waals surface area contributed by atoms with Crippen molar-refractivity contribution in [1.82, 2.24) is 4.90 Å². The Bertz CT molecular complexity index is 410. The van der Waals surface area contributed by atoms with Crippen LogP contribution in [-0.2, 0) is 11.3 Å². The highest BCUT2D eigenvalue weighted by Gasteiger charge is 2.23. The first-order valence-electron chi connectivity index (χ1n) is 7.31. The molecule has 1 aliphatic rings. The molecule has 2 rings (SSSR count). The Morgan fingerprint density at radius 1 is 1.16 bits per heavy atom. The van der Waals surface area contributed by atoms with Crippen LogP contribution in [0.5, 0.6) is 0 Å². The van der Waals surface area contributed by atoms with Gasteiger partial charge in [-0.1, -0.05) is 49.1 Å². The minimum atomic E-state index is -1.17. The van der Waals surface area contributed by atoms with Crippen molar-refractivity contribution >= 4 is 13.3 Å². The van der Waals surface area contributed by atoms with E-state index < -0.39 is 8.07 Å². The molecular formula is C16H27NOSi. The topological polar surface area (TPSA) is 12.5 Å². The summed E-state index contributed by atoms with van der Waals surface area (Å²) in [4.78, 5) is 2.53. The number of morpholine rings is 1. The number of benzene rings is 1. The van der Waals surface area contributed by atoms with E-state index in [4.69, 9.17) is 4.74 Å². The van der Waals surface area contributed by atoms with Crippen molar-refractivity contribution in [2.45, 2.75) is 52.2 Å². The van der Waals surface area contributed by atoms with Crippen molar-refractivity contribution in [2.24, 2.45) is 0 Å². The van der Waals surface area contributed by atoms with Gasteiger partial charge in [0.05, 0.1) is 20.8 Å². The number of ether oxygens (including phenoxy) is 1. The summed E-state index contributed by atoms with van der Waals surface area (Å²) in [6.07, 6.45) is 0.359. The third-order valence-electron chi connectivity index (χ3n) is 3.94. The Balaban J connectivity index is 2.03. The summed E-state index contributed by atoms with van der Waals surface area (Å²) >= 11 is 0. The molecule has 0 bridgehead atoms. The van der Waals surface area contributed by atoms with Gasteiger partial charge in [0, 0.05) is 19.1 Å². The molecule has 0 amide bonds. The first-order valence-corrected chi connectivity index (χ1v) is 10.8. The van der Waals surface area contributed by atoms with Gasteiger partial charge < -0.3 is 4.74 Å². The molecule has 2 nitrogen and oxygen atoms in total. The maximum absolute atomic E-state index is 5.69. The fourth-order valence-electron chi connectivity index (χ4n) is 2.54. The number of hydrogen-bond acceptors (Lipinski definition) is 2. The molecule has 0 spiro atoms. The summed E-state index contributed by atoms with van der Waals surface area (Å²) < 4.78 is 5.69. The Morgan fingerprint density at radius 3 is 2.37 bits per heavy atom. The predicted octanol–water partition coefficient (Wildman–Crippen LogP) is 2.84. The fraction of sp³-hybridized carbons (Fsp3) is 0.625. The molecule has 0 N–H and O–H groups in total. The van der Waals surface area contributed by atoms with E-state index in [-0.39, 0.29) is 0 Å². The molecular weight excluding hydrogens is 250 g/mol. The van der Waals surface area contributed by atoms with Crippen molar-refractivity contribution in [2.75, 3.05) is 13.2 Å². The molecule has 106 valence electrons. The standard InChI is InChI=1S/C16H27NOSi/c1-13-12-18-14(2)10-17(13)11-15-6-8-16(9-7-15)19(3,4)5/h6-9,13-14H,10-12H2,1-5H3. The second kappa shape index (κ2) is 5.78. The molecule has 2 unspecified atom stereocenters. The lowest BCUT2D eigenvalue weighted by molar-refractivity contribution is -0.0526. The average molecular weight is 277 g/mol. The van der Waals surface area contributed by atoms with E-state index in [1.165, 1.54) is 5.56 Å². The number of nitrogens with zero attached hydrogens (tertiary/aromatic N) is 1. The Labute approximate surface area is 118 Å². The van der Waals surface area contributed by atoms with E-state index in [1.54, 1.807) is 5.19 Å². The average Bonchev–Trinajstić information content (AvgIpc) is 2.33. The highest BCUT2D eigenvalue weighted by Crippen LogP contribution is 2.15. The normalized spacial score (nSPS) is 25.5. The molecule has 0 saturated carbocycles. The summed E-state index contributed by atoms with van der Waals surface area (Å²) in [5, 5.41) is 1.54. The summed E-state index contributed by atoms with van der Waals surface area (Å²) in [5.74, 6) is 0. The van der Waals surface area contributed by atoms with Gasteiger partial charge in [0.15, 0.2) is 0 Å². The van der Waals surface area contributed by atoms with Crippen molar-refractivity contribution in [3.8, 4) is 0 Å². The third-order valence-corrected chi connectivity index (χ3v) is 6.01. The molecule has 1 aromatic rings. The van der Waals surface area contributed by atoms with E-state index in [0.29, 0.717) is 12.1 Å². The van der Waals surface area contributed by atoms with Gasteiger partial charge in [-0.3, -0.25) is 4.90 Å². The van der Waals surface area contributed by atoms with Crippen molar-refractivity contribution in [3.63, 3.8) is 0 Å². The van der Waals surface area contributed by atoms with Crippen LogP contribution in [0.15, 0.2) is 24.3 Å². The van der Waals surface area contributed by atoms with E-state index >= 15 is 0 Å². The molecule has 19 heavy (non-hydrogen) atoms.